The van der Waals surface area contributed by atoms with Gasteiger partial charge in [0.1, 0.15) is 5.75 Å². The Morgan fingerprint density at radius 2 is 1.81 bits per heavy atom. The van der Waals surface area contributed by atoms with Crippen LogP contribution >= 0.6 is 0 Å². The second-order valence-corrected chi connectivity index (χ2v) is 4.72. The first-order valence-corrected chi connectivity index (χ1v) is 6.80. The first kappa shape index (κ1) is 13.2. The Hall–Kier alpha value is -2.75. The number of benzene rings is 2. The van der Waals surface area contributed by atoms with Gasteiger partial charge in [-0.05, 0) is 42.0 Å². The van der Waals surface area contributed by atoms with Gasteiger partial charge in [-0.3, -0.25) is 0 Å². The number of methoxy groups -OCH3 is 1. The van der Waals surface area contributed by atoms with Crippen LogP contribution in [0.5, 0.6) is 5.75 Å². The second kappa shape index (κ2) is 6.13. The maximum Gasteiger partial charge on any atom is 0.119 e. The second-order valence-electron chi connectivity index (χ2n) is 4.72. The molecule has 1 heterocycles. The molecule has 0 bridgehead atoms. The van der Waals surface area contributed by atoms with E-state index in [1.807, 2.05) is 35.0 Å². The van der Waals surface area contributed by atoms with Gasteiger partial charge in [0.05, 0.1) is 13.4 Å². The van der Waals surface area contributed by atoms with E-state index in [1.165, 1.54) is 5.56 Å². The molecule has 0 atom stereocenters. The Morgan fingerprint density at radius 1 is 1.05 bits per heavy atom. The van der Waals surface area contributed by atoms with E-state index in [0.717, 1.165) is 23.7 Å². The Kier molecular flexibility index (Phi) is 3.87. The van der Waals surface area contributed by atoms with Crippen molar-refractivity contribution in [3.63, 3.8) is 0 Å². The van der Waals surface area contributed by atoms with Crippen LogP contribution in [-0.2, 0) is 6.54 Å². The Bertz CT molecular complexity index is 673. The van der Waals surface area contributed by atoms with Gasteiger partial charge in [0.25, 0.3) is 0 Å². The van der Waals surface area contributed by atoms with Gasteiger partial charge < -0.3 is 14.6 Å². The van der Waals surface area contributed by atoms with Crippen molar-refractivity contribution < 1.29 is 4.74 Å². The third kappa shape index (κ3) is 3.23. The molecule has 3 aromatic rings. The number of hydrogen-bond acceptors (Lipinski definition) is 3. The van der Waals surface area contributed by atoms with Crippen molar-refractivity contribution in [2.45, 2.75) is 6.54 Å². The molecule has 0 saturated carbocycles. The average molecular weight is 279 g/mol. The molecule has 106 valence electrons. The van der Waals surface area contributed by atoms with Gasteiger partial charge in [0.15, 0.2) is 0 Å². The van der Waals surface area contributed by atoms with E-state index < -0.39 is 0 Å². The van der Waals surface area contributed by atoms with Crippen LogP contribution in [0.15, 0.2) is 67.3 Å². The number of hydrogen-bond donors (Lipinski definition) is 1. The fraction of sp³-hybridized carbons (Fsp3) is 0.118. The van der Waals surface area contributed by atoms with Crippen LogP contribution in [0.4, 0.5) is 5.69 Å². The van der Waals surface area contributed by atoms with Crippen LogP contribution in [0, 0.1) is 0 Å². The normalized spacial score (nSPS) is 10.3. The minimum Gasteiger partial charge on any atom is -0.497 e. The summed E-state index contributed by atoms with van der Waals surface area (Å²) >= 11 is 0. The number of nitrogens with one attached hydrogen (secondary N) is 1. The molecular formula is C17H17N3O. The SMILES string of the molecule is COc1ccc(NCc2ccc(-n3ccnc3)cc2)cc1. The monoisotopic (exact) mass is 279 g/mol. The molecule has 2 aromatic carbocycles. The fourth-order valence-electron chi connectivity index (χ4n) is 2.11. The van der Waals surface area contributed by atoms with Gasteiger partial charge >= 0.3 is 0 Å². The van der Waals surface area contributed by atoms with Crippen molar-refractivity contribution in [2.24, 2.45) is 0 Å². The highest BCUT2D eigenvalue weighted by Gasteiger charge is 1.98. The zero-order chi connectivity index (χ0) is 14.5. The molecule has 1 N–H and O–H groups in total. The summed E-state index contributed by atoms with van der Waals surface area (Å²) in [7, 11) is 1.67. The van der Waals surface area contributed by atoms with Gasteiger partial charge in [-0.25, -0.2) is 4.98 Å². The highest BCUT2D eigenvalue weighted by Crippen LogP contribution is 2.16. The molecule has 4 heteroatoms. The minimum atomic E-state index is 0.788. The van der Waals surface area contributed by atoms with Crippen molar-refractivity contribution in [1.82, 2.24) is 9.55 Å². The van der Waals surface area contributed by atoms with E-state index in [1.54, 1.807) is 19.6 Å². The van der Waals surface area contributed by atoms with Gasteiger partial charge in [0.2, 0.25) is 0 Å². The number of nitrogens with zero attached hydrogens (tertiary/aromatic N) is 2. The van der Waals surface area contributed by atoms with Crippen molar-refractivity contribution in [2.75, 3.05) is 12.4 Å². The predicted octanol–water partition coefficient (Wildman–Crippen LogP) is 3.49. The van der Waals surface area contributed by atoms with Crippen LogP contribution in [0.2, 0.25) is 0 Å². The molecule has 21 heavy (non-hydrogen) atoms. The summed E-state index contributed by atoms with van der Waals surface area (Å²) in [5.41, 5.74) is 3.42. The quantitative estimate of drug-likeness (QED) is 0.777. The molecule has 0 amide bonds. The number of aromatic nitrogens is 2. The van der Waals surface area contributed by atoms with Crippen molar-refractivity contribution in [3.8, 4) is 11.4 Å². The predicted molar refractivity (Wildman–Crippen MR) is 83.9 cm³/mol. The highest BCUT2D eigenvalue weighted by atomic mass is 16.5. The van der Waals surface area contributed by atoms with Gasteiger partial charge in [-0.1, -0.05) is 12.1 Å². The summed E-state index contributed by atoms with van der Waals surface area (Å²) in [5, 5.41) is 3.39. The maximum absolute atomic E-state index is 5.15. The molecule has 0 aliphatic heterocycles. The van der Waals surface area contributed by atoms with E-state index in [-0.39, 0.29) is 0 Å². The average Bonchev–Trinajstić information content (AvgIpc) is 3.08. The van der Waals surface area contributed by atoms with Gasteiger partial charge in [0, 0.05) is 30.3 Å². The molecule has 3 rings (SSSR count). The molecule has 4 nitrogen and oxygen atoms in total. The van der Waals surface area contributed by atoms with E-state index in [0.29, 0.717) is 0 Å². The minimum absolute atomic E-state index is 0.788. The molecule has 1 aromatic heterocycles. The zero-order valence-corrected chi connectivity index (χ0v) is 11.9. The Morgan fingerprint density at radius 3 is 2.43 bits per heavy atom. The summed E-state index contributed by atoms with van der Waals surface area (Å²) in [6, 6.07) is 16.3. The lowest BCUT2D eigenvalue weighted by atomic mass is 10.2. The Labute approximate surface area is 124 Å². The summed E-state index contributed by atoms with van der Waals surface area (Å²) in [5.74, 6) is 0.866. The topological polar surface area (TPSA) is 39.1 Å². The lowest BCUT2D eigenvalue weighted by Crippen LogP contribution is -1.99. The molecular weight excluding hydrogens is 262 g/mol. The van der Waals surface area contributed by atoms with Gasteiger partial charge in [-0.15, -0.1) is 0 Å². The first-order valence-electron chi connectivity index (χ1n) is 6.80. The highest BCUT2D eigenvalue weighted by molar-refractivity contribution is 5.47. The van der Waals surface area contributed by atoms with Crippen LogP contribution in [-0.4, -0.2) is 16.7 Å². The van der Waals surface area contributed by atoms with Crippen LogP contribution < -0.4 is 10.1 Å². The summed E-state index contributed by atoms with van der Waals surface area (Å²) in [4.78, 5) is 4.05. The van der Waals surface area contributed by atoms with Crippen molar-refractivity contribution >= 4 is 5.69 Å². The number of imidazole rings is 1. The molecule has 0 aliphatic rings. The summed E-state index contributed by atoms with van der Waals surface area (Å²) < 4.78 is 7.13. The number of ether oxygens (including phenoxy) is 1. The third-order valence-electron chi connectivity index (χ3n) is 3.33. The smallest absolute Gasteiger partial charge is 0.119 e. The van der Waals surface area contributed by atoms with Crippen LogP contribution in [0.25, 0.3) is 5.69 Å². The lowest BCUT2D eigenvalue weighted by Gasteiger charge is -2.08. The maximum atomic E-state index is 5.15. The molecule has 0 fully saturated rings. The molecule has 0 spiro atoms. The largest absolute Gasteiger partial charge is 0.497 e. The van der Waals surface area contributed by atoms with Crippen LogP contribution in [0.3, 0.4) is 0 Å². The lowest BCUT2D eigenvalue weighted by molar-refractivity contribution is 0.415. The summed E-state index contributed by atoms with van der Waals surface area (Å²) in [6.45, 7) is 0.788. The Balaban J connectivity index is 1.62. The standard InChI is InChI=1S/C17H17N3O/c1-21-17-8-4-15(5-9-17)19-12-14-2-6-16(7-3-14)20-11-10-18-13-20/h2-11,13,19H,12H2,1H3. The summed E-state index contributed by atoms with van der Waals surface area (Å²) in [6.07, 6.45) is 5.51. The van der Waals surface area contributed by atoms with Crippen molar-refractivity contribution in [3.05, 3.63) is 72.8 Å². The van der Waals surface area contributed by atoms with E-state index in [9.17, 15) is 0 Å². The van der Waals surface area contributed by atoms with Crippen LogP contribution in [0.1, 0.15) is 5.56 Å². The molecule has 0 aliphatic carbocycles. The van der Waals surface area contributed by atoms with E-state index in [2.05, 4.69) is 34.6 Å². The fourth-order valence-corrected chi connectivity index (χ4v) is 2.11. The third-order valence-corrected chi connectivity index (χ3v) is 3.33. The molecule has 0 radical (unpaired) electrons. The molecule has 0 unspecified atom stereocenters. The number of rotatable bonds is 5. The van der Waals surface area contributed by atoms with E-state index >= 15 is 0 Å². The zero-order valence-electron chi connectivity index (χ0n) is 11.9. The van der Waals surface area contributed by atoms with Crippen molar-refractivity contribution in [1.29, 1.82) is 0 Å². The first-order chi connectivity index (χ1) is 10.3. The number of anilines is 1. The van der Waals surface area contributed by atoms with E-state index in [4.69, 9.17) is 4.74 Å². The molecule has 0 saturated heterocycles. The van der Waals surface area contributed by atoms with Gasteiger partial charge in [-0.2, -0.15) is 0 Å².